The molecule has 30 heavy (non-hydrogen) atoms. The molecule has 2 aliphatic rings. The van der Waals surface area contributed by atoms with Crippen molar-refractivity contribution in [3.63, 3.8) is 0 Å². The third kappa shape index (κ3) is 3.24. The van der Waals surface area contributed by atoms with Crippen LogP contribution >= 0.6 is 0 Å². The summed E-state index contributed by atoms with van der Waals surface area (Å²) in [5, 5.41) is 4.10. The maximum atomic E-state index is 13.0. The first-order valence-electron chi connectivity index (χ1n) is 10.5. The Bertz CT molecular complexity index is 1080. The maximum absolute atomic E-state index is 13.0. The first-order chi connectivity index (χ1) is 14.6. The van der Waals surface area contributed by atoms with Gasteiger partial charge in [-0.2, -0.15) is 0 Å². The number of anilines is 1. The van der Waals surface area contributed by atoms with E-state index in [1.54, 1.807) is 12.7 Å². The van der Waals surface area contributed by atoms with Crippen molar-refractivity contribution < 1.29 is 9.32 Å². The van der Waals surface area contributed by atoms with Crippen molar-refractivity contribution >= 4 is 11.7 Å². The fraction of sp³-hybridized carbons (Fsp3) is 0.476. The van der Waals surface area contributed by atoms with Crippen molar-refractivity contribution in [1.29, 1.82) is 0 Å². The van der Waals surface area contributed by atoms with E-state index in [1.165, 1.54) is 0 Å². The molecule has 1 saturated heterocycles. The van der Waals surface area contributed by atoms with Crippen molar-refractivity contribution in [3.05, 3.63) is 47.1 Å². The predicted octanol–water partition coefficient (Wildman–Crippen LogP) is 2.11. The lowest BCUT2D eigenvalue weighted by molar-refractivity contribution is 0.0735. The molecule has 0 atom stereocenters. The number of rotatable bonds is 3. The van der Waals surface area contributed by atoms with Gasteiger partial charge in [0.05, 0.1) is 5.69 Å². The van der Waals surface area contributed by atoms with Crippen molar-refractivity contribution in [3.8, 4) is 5.82 Å². The number of piperazine rings is 1. The van der Waals surface area contributed by atoms with E-state index >= 15 is 0 Å². The van der Waals surface area contributed by atoms with Crippen molar-refractivity contribution in [2.45, 2.75) is 39.5 Å². The molecule has 3 aromatic rings. The highest BCUT2D eigenvalue weighted by atomic mass is 16.5. The first kappa shape index (κ1) is 18.8. The molecule has 0 spiro atoms. The minimum Gasteiger partial charge on any atom is -0.360 e. The second-order valence-corrected chi connectivity index (χ2v) is 7.94. The summed E-state index contributed by atoms with van der Waals surface area (Å²) in [6.07, 6.45) is 7.33. The predicted molar refractivity (Wildman–Crippen MR) is 110 cm³/mol. The van der Waals surface area contributed by atoms with Crippen LogP contribution in [0.25, 0.3) is 5.82 Å². The van der Waals surface area contributed by atoms with Crippen LogP contribution in [-0.4, -0.2) is 61.7 Å². The Morgan fingerprint density at radius 1 is 1.00 bits per heavy atom. The van der Waals surface area contributed by atoms with Crippen molar-refractivity contribution in [2.75, 3.05) is 31.1 Å². The summed E-state index contributed by atoms with van der Waals surface area (Å²) in [6, 6.07) is 1.97. The van der Waals surface area contributed by atoms with Gasteiger partial charge in [-0.25, -0.2) is 15.0 Å². The molecule has 0 unspecified atom stereocenters. The quantitative estimate of drug-likeness (QED) is 0.656. The molecular formula is C21H25N7O2. The van der Waals surface area contributed by atoms with Gasteiger partial charge < -0.3 is 14.3 Å². The molecule has 5 rings (SSSR count). The number of aryl methyl sites for hydroxylation is 2. The average molecular weight is 407 g/mol. The molecular weight excluding hydrogens is 382 g/mol. The number of amides is 1. The second kappa shape index (κ2) is 7.55. The topological polar surface area (TPSA) is 93.2 Å². The molecule has 1 fully saturated rings. The third-order valence-electron chi connectivity index (χ3n) is 6.18. The van der Waals surface area contributed by atoms with Gasteiger partial charge in [0, 0.05) is 49.9 Å². The Labute approximate surface area is 174 Å². The van der Waals surface area contributed by atoms with Crippen LogP contribution < -0.4 is 4.90 Å². The van der Waals surface area contributed by atoms with Crippen molar-refractivity contribution in [1.82, 2.24) is 29.6 Å². The highest BCUT2D eigenvalue weighted by Crippen LogP contribution is 2.26. The number of hydrogen-bond acceptors (Lipinski definition) is 7. The van der Waals surface area contributed by atoms with E-state index in [9.17, 15) is 4.79 Å². The zero-order chi connectivity index (χ0) is 20.7. The van der Waals surface area contributed by atoms with E-state index in [0.717, 1.165) is 60.0 Å². The van der Waals surface area contributed by atoms with Gasteiger partial charge in [-0.3, -0.25) is 9.36 Å². The first-order valence-corrected chi connectivity index (χ1v) is 10.5. The molecule has 0 saturated carbocycles. The molecule has 1 aliphatic carbocycles. The standard InChI is InChI=1S/C21H25N7O2/c1-14-15(2)28(13-24-14)19-11-18(22-12-23-19)26-7-9-27(10-8-26)21(29)20-16-5-3-4-6-17(16)30-25-20/h11-13H,3-10H2,1-2H3. The molecule has 0 N–H and O–H groups in total. The Morgan fingerprint density at radius 2 is 1.77 bits per heavy atom. The highest BCUT2D eigenvalue weighted by molar-refractivity contribution is 5.94. The Kier molecular flexibility index (Phi) is 4.72. The summed E-state index contributed by atoms with van der Waals surface area (Å²) >= 11 is 0. The van der Waals surface area contributed by atoms with Crippen LogP contribution in [0, 0.1) is 13.8 Å². The van der Waals surface area contributed by atoms with E-state index < -0.39 is 0 Å². The fourth-order valence-electron chi connectivity index (χ4n) is 4.21. The minimum absolute atomic E-state index is 0.0190. The monoisotopic (exact) mass is 407 g/mol. The smallest absolute Gasteiger partial charge is 0.276 e. The van der Waals surface area contributed by atoms with Gasteiger partial charge in [-0.1, -0.05) is 5.16 Å². The van der Waals surface area contributed by atoms with E-state index in [4.69, 9.17) is 4.52 Å². The van der Waals surface area contributed by atoms with E-state index in [2.05, 4.69) is 25.0 Å². The molecule has 9 heteroatoms. The SMILES string of the molecule is Cc1ncn(-c2cc(N3CCN(C(=O)c4noc5c4CCCC5)CC3)ncn2)c1C. The molecule has 156 valence electrons. The van der Waals surface area contributed by atoms with Gasteiger partial charge >= 0.3 is 0 Å². The lowest BCUT2D eigenvalue weighted by Gasteiger charge is -2.35. The van der Waals surface area contributed by atoms with Crippen LogP contribution in [0.15, 0.2) is 23.2 Å². The minimum atomic E-state index is -0.0190. The van der Waals surface area contributed by atoms with Crippen LogP contribution in [-0.2, 0) is 12.8 Å². The number of aromatic nitrogens is 5. The molecule has 1 amide bonds. The van der Waals surface area contributed by atoms with E-state index in [0.29, 0.717) is 31.9 Å². The highest BCUT2D eigenvalue weighted by Gasteiger charge is 2.29. The fourth-order valence-corrected chi connectivity index (χ4v) is 4.21. The van der Waals surface area contributed by atoms with Gasteiger partial charge in [-0.15, -0.1) is 0 Å². The van der Waals surface area contributed by atoms with Crippen molar-refractivity contribution in [2.24, 2.45) is 0 Å². The molecule has 4 heterocycles. The zero-order valence-corrected chi connectivity index (χ0v) is 17.3. The number of imidazole rings is 1. The van der Waals surface area contributed by atoms with Crippen LogP contribution in [0.4, 0.5) is 5.82 Å². The summed E-state index contributed by atoms with van der Waals surface area (Å²) < 4.78 is 7.39. The summed E-state index contributed by atoms with van der Waals surface area (Å²) in [7, 11) is 0. The van der Waals surface area contributed by atoms with Crippen LogP contribution in [0.3, 0.4) is 0 Å². The van der Waals surface area contributed by atoms with Crippen LogP contribution in [0.2, 0.25) is 0 Å². The lowest BCUT2D eigenvalue weighted by atomic mass is 9.96. The number of hydrogen-bond donors (Lipinski definition) is 0. The molecule has 0 bridgehead atoms. The number of nitrogens with zero attached hydrogens (tertiary/aromatic N) is 7. The Hall–Kier alpha value is -3.23. The average Bonchev–Trinajstić information content (AvgIpc) is 3.37. The number of carbonyl (C=O) groups is 1. The van der Waals surface area contributed by atoms with Crippen LogP contribution in [0.1, 0.15) is 46.0 Å². The third-order valence-corrected chi connectivity index (χ3v) is 6.18. The van der Waals surface area contributed by atoms with Gasteiger partial charge in [0.25, 0.3) is 5.91 Å². The largest absolute Gasteiger partial charge is 0.360 e. The van der Waals surface area contributed by atoms with E-state index in [1.807, 2.05) is 29.4 Å². The van der Waals surface area contributed by atoms with Gasteiger partial charge in [-0.05, 0) is 33.1 Å². The second-order valence-electron chi connectivity index (χ2n) is 7.94. The number of carbonyl (C=O) groups excluding carboxylic acids is 1. The summed E-state index contributed by atoms with van der Waals surface area (Å²) in [5.41, 5.74) is 3.57. The Morgan fingerprint density at radius 3 is 2.53 bits per heavy atom. The molecule has 0 radical (unpaired) electrons. The molecule has 0 aromatic carbocycles. The Balaban J connectivity index is 1.28. The maximum Gasteiger partial charge on any atom is 0.276 e. The summed E-state index contributed by atoms with van der Waals surface area (Å²) in [6.45, 7) is 6.69. The summed E-state index contributed by atoms with van der Waals surface area (Å²) in [5.74, 6) is 2.53. The molecule has 1 aliphatic heterocycles. The van der Waals surface area contributed by atoms with E-state index in [-0.39, 0.29) is 5.91 Å². The normalized spacial score (nSPS) is 16.6. The van der Waals surface area contributed by atoms with Gasteiger partial charge in [0.1, 0.15) is 30.1 Å². The molecule has 3 aromatic heterocycles. The molecule has 9 nitrogen and oxygen atoms in total. The van der Waals surface area contributed by atoms with Gasteiger partial charge in [0.2, 0.25) is 0 Å². The lowest BCUT2D eigenvalue weighted by Crippen LogP contribution is -2.49. The zero-order valence-electron chi connectivity index (χ0n) is 17.3. The van der Waals surface area contributed by atoms with Gasteiger partial charge in [0.15, 0.2) is 5.69 Å². The summed E-state index contributed by atoms with van der Waals surface area (Å²) in [4.78, 5) is 30.3. The number of fused-ring (bicyclic) bond motifs is 1. The van der Waals surface area contributed by atoms with Crippen LogP contribution in [0.5, 0.6) is 0 Å².